The number of amides is 1. The van der Waals surface area contributed by atoms with E-state index in [0.29, 0.717) is 21.6 Å². The van der Waals surface area contributed by atoms with E-state index in [-0.39, 0.29) is 41.1 Å². The van der Waals surface area contributed by atoms with Gasteiger partial charge in [-0.15, -0.1) is 10.2 Å². The highest BCUT2D eigenvalue weighted by atomic mass is 32.2. The molecule has 0 bridgehead atoms. The third-order valence-corrected chi connectivity index (χ3v) is 8.34. The van der Waals surface area contributed by atoms with Crippen LogP contribution in [0.2, 0.25) is 0 Å². The normalized spacial score (nSPS) is 20.8. The van der Waals surface area contributed by atoms with Crippen LogP contribution in [0.15, 0.2) is 28.6 Å². The Hall–Kier alpha value is -1.72. The molecule has 1 N–H and O–H groups in total. The number of hydrogen-bond acceptors (Lipinski definition) is 8. The Morgan fingerprint density at radius 2 is 2.11 bits per heavy atom. The standard InChI is InChI=1S/C17H19FN4O3S3/c18-11-2-1-3-12(8-11)19-16-20-21-17(27-16)26-9-15(23)22(13-4-5-13)14-6-7-28(24,25)10-14/h1-3,8,13-14H,4-7,9-10H2,(H,19,20)/t14-/m1/s1. The van der Waals surface area contributed by atoms with Crippen LogP contribution in [0.1, 0.15) is 19.3 Å². The van der Waals surface area contributed by atoms with E-state index >= 15 is 0 Å². The summed E-state index contributed by atoms with van der Waals surface area (Å²) in [6.07, 6.45) is 2.40. The minimum atomic E-state index is -3.03. The minimum Gasteiger partial charge on any atom is -0.335 e. The Labute approximate surface area is 170 Å². The minimum absolute atomic E-state index is 0.0514. The maximum atomic E-state index is 13.3. The van der Waals surface area contributed by atoms with E-state index in [1.54, 1.807) is 17.0 Å². The van der Waals surface area contributed by atoms with E-state index in [1.807, 2.05) is 0 Å². The van der Waals surface area contributed by atoms with Crippen LogP contribution in [-0.2, 0) is 14.6 Å². The van der Waals surface area contributed by atoms with Crippen molar-refractivity contribution in [1.82, 2.24) is 15.1 Å². The lowest BCUT2D eigenvalue weighted by molar-refractivity contribution is -0.130. The molecule has 11 heteroatoms. The fraction of sp³-hybridized carbons (Fsp3) is 0.471. The Morgan fingerprint density at radius 1 is 1.29 bits per heavy atom. The summed E-state index contributed by atoms with van der Waals surface area (Å²) in [5.74, 6) is 0.0303. The highest BCUT2D eigenvalue weighted by molar-refractivity contribution is 8.01. The summed E-state index contributed by atoms with van der Waals surface area (Å²) in [4.78, 5) is 14.5. The first-order chi connectivity index (χ1) is 13.4. The molecule has 28 heavy (non-hydrogen) atoms. The van der Waals surface area contributed by atoms with Crippen LogP contribution in [0.4, 0.5) is 15.2 Å². The molecule has 2 fully saturated rings. The summed E-state index contributed by atoms with van der Waals surface area (Å²) in [5.41, 5.74) is 0.575. The van der Waals surface area contributed by atoms with Crippen molar-refractivity contribution in [3.05, 3.63) is 30.1 Å². The van der Waals surface area contributed by atoms with Gasteiger partial charge in [-0.2, -0.15) is 0 Å². The molecule has 0 radical (unpaired) electrons. The number of sulfone groups is 1. The zero-order valence-electron chi connectivity index (χ0n) is 14.9. The van der Waals surface area contributed by atoms with Gasteiger partial charge in [-0.25, -0.2) is 12.8 Å². The average Bonchev–Trinajstić information content (AvgIpc) is 3.26. The molecule has 2 aromatic rings. The number of aromatic nitrogens is 2. The van der Waals surface area contributed by atoms with Gasteiger partial charge in [-0.05, 0) is 37.5 Å². The molecule has 1 aliphatic carbocycles. The number of nitrogens with one attached hydrogen (secondary N) is 1. The lowest BCUT2D eigenvalue weighted by Crippen LogP contribution is -2.43. The molecule has 1 amide bonds. The number of benzene rings is 1. The number of anilines is 2. The molecule has 2 heterocycles. The smallest absolute Gasteiger partial charge is 0.233 e. The van der Waals surface area contributed by atoms with Gasteiger partial charge in [0.1, 0.15) is 5.82 Å². The molecule has 0 spiro atoms. The first-order valence-corrected chi connectivity index (χ1v) is 12.5. The first kappa shape index (κ1) is 19.6. The zero-order valence-corrected chi connectivity index (χ0v) is 17.3. The first-order valence-electron chi connectivity index (χ1n) is 8.90. The topological polar surface area (TPSA) is 92.3 Å². The van der Waals surface area contributed by atoms with Gasteiger partial charge in [-0.3, -0.25) is 4.79 Å². The van der Waals surface area contributed by atoms with Gasteiger partial charge in [0, 0.05) is 17.8 Å². The van der Waals surface area contributed by atoms with Crippen molar-refractivity contribution in [2.45, 2.75) is 35.7 Å². The van der Waals surface area contributed by atoms with Crippen LogP contribution in [0.5, 0.6) is 0 Å². The molecule has 1 aromatic carbocycles. The van der Waals surface area contributed by atoms with Crippen molar-refractivity contribution in [1.29, 1.82) is 0 Å². The van der Waals surface area contributed by atoms with E-state index < -0.39 is 9.84 Å². The molecular formula is C17H19FN4O3S3. The van der Waals surface area contributed by atoms with Crippen LogP contribution in [0.3, 0.4) is 0 Å². The fourth-order valence-corrected chi connectivity index (χ4v) is 6.61. The zero-order chi connectivity index (χ0) is 19.7. The second-order valence-electron chi connectivity index (χ2n) is 6.89. The Morgan fingerprint density at radius 3 is 2.79 bits per heavy atom. The number of carbonyl (C=O) groups is 1. The third kappa shape index (κ3) is 4.81. The van der Waals surface area contributed by atoms with Crippen molar-refractivity contribution in [2.24, 2.45) is 0 Å². The highest BCUT2D eigenvalue weighted by Crippen LogP contribution is 2.34. The molecule has 2 aliphatic rings. The van der Waals surface area contributed by atoms with Crippen molar-refractivity contribution in [2.75, 3.05) is 22.6 Å². The van der Waals surface area contributed by atoms with Crippen molar-refractivity contribution in [3.8, 4) is 0 Å². The summed E-state index contributed by atoms with van der Waals surface area (Å²) in [6.45, 7) is 0. The molecule has 0 unspecified atom stereocenters. The number of hydrogen-bond donors (Lipinski definition) is 1. The number of halogens is 1. The predicted molar refractivity (Wildman–Crippen MR) is 107 cm³/mol. The number of nitrogens with zero attached hydrogens (tertiary/aromatic N) is 3. The van der Waals surface area contributed by atoms with Crippen LogP contribution in [-0.4, -0.2) is 58.8 Å². The average molecular weight is 443 g/mol. The maximum Gasteiger partial charge on any atom is 0.233 e. The van der Waals surface area contributed by atoms with Gasteiger partial charge in [0.05, 0.1) is 17.3 Å². The van der Waals surface area contributed by atoms with Crippen LogP contribution in [0, 0.1) is 5.82 Å². The van der Waals surface area contributed by atoms with E-state index in [0.717, 1.165) is 12.8 Å². The van der Waals surface area contributed by atoms with Crippen LogP contribution < -0.4 is 5.32 Å². The maximum absolute atomic E-state index is 13.3. The van der Waals surface area contributed by atoms with Crippen molar-refractivity contribution in [3.63, 3.8) is 0 Å². The van der Waals surface area contributed by atoms with Crippen LogP contribution in [0.25, 0.3) is 0 Å². The second-order valence-corrected chi connectivity index (χ2v) is 11.3. The summed E-state index contributed by atoms with van der Waals surface area (Å²) in [7, 11) is -3.03. The van der Waals surface area contributed by atoms with Gasteiger partial charge in [0.15, 0.2) is 14.2 Å². The molecule has 4 rings (SSSR count). The molecular weight excluding hydrogens is 423 g/mol. The quantitative estimate of drug-likeness (QED) is 0.659. The molecule has 150 valence electrons. The Balaban J connectivity index is 1.35. The number of rotatable bonds is 7. The number of carbonyl (C=O) groups excluding carboxylic acids is 1. The van der Waals surface area contributed by atoms with Crippen molar-refractivity contribution < 1.29 is 17.6 Å². The molecule has 1 saturated heterocycles. The molecule has 1 saturated carbocycles. The SMILES string of the molecule is O=C(CSc1nnc(Nc2cccc(F)c2)s1)N(C1CC1)[C@@H]1CCS(=O)(=O)C1. The van der Waals surface area contributed by atoms with E-state index in [4.69, 9.17) is 0 Å². The lowest BCUT2D eigenvalue weighted by atomic mass is 10.2. The molecule has 1 aliphatic heterocycles. The number of thioether (sulfide) groups is 1. The Bertz CT molecular complexity index is 978. The van der Waals surface area contributed by atoms with E-state index in [9.17, 15) is 17.6 Å². The second kappa shape index (κ2) is 7.96. The predicted octanol–water partition coefficient (Wildman–Crippen LogP) is 2.69. The summed E-state index contributed by atoms with van der Waals surface area (Å²) in [5, 5.41) is 11.6. The van der Waals surface area contributed by atoms with Crippen molar-refractivity contribution >= 4 is 49.7 Å². The van der Waals surface area contributed by atoms with Gasteiger partial charge >= 0.3 is 0 Å². The largest absolute Gasteiger partial charge is 0.335 e. The highest BCUT2D eigenvalue weighted by Gasteiger charge is 2.41. The van der Waals surface area contributed by atoms with Gasteiger partial charge in [0.2, 0.25) is 11.0 Å². The van der Waals surface area contributed by atoms with Gasteiger partial charge in [0.25, 0.3) is 0 Å². The Kier molecular flexibility index (Phi) is 5.57. The summed E-state index contributed by atoms with van der Waals surface area (Å²) >= 11 is 2.57. The summed E-state index contributed by atoms with van der Waals surface area (Å²) in [6, 6.07) is 6.02. The third-order valence-electron chi connectivity index (χ3n) is 4.63. The summed E-state index contributed by atoms with van der Waals surface area (Å²) < 4.78 is 37.4. The van der Waals surface area contributed by atoms with E-state index in [2.05, 4.69) is 15.5 Å². The molecule has 1 aromatic heterocycles. The van der Waals surface area contributed by atoms with Gasteiger partial charge in [-0.1, -0.05) is 29.2 Å². The lowest BCUT2D eigenvalue weighted by Gasteiger charge is -2.28. The monoisotopic (exact) mass is 442 g/mol. The van der Waals surface area contributed by atoms with E-state index in [1.165, 1.54) is 35.2 Å². The fourth-order valence-electron chi connectivity index (χ4n) is 3.26. The van der Waals surface area contributed by atoms with Gasteiger partial charge < -0.3 is 10.2 Å². The molecule has 7 nitrogen and oxygen atoms in total. The molecule has 1 atom stereocenters. The van der Waals surface area contributed by atoms with Crippen LogP contribution >= 0.6 is 23.1 Å².